The van der Waals surface area contributed by atoms with Crippen molar-refractivity contribution in [1.82, 2.24) is 0 Å². The Morgan fingerprint density at radius 3 is 2.57 bits per heavy atom. The zero-order valence-electron chi connectivity index (χ0n) is 11.8. The van der Waals surface area contributed by atoms with E-state index in [0.29, 0.717) is 30.9 Å². The van der Waals surface area contributed by atoms with Crippen LogP contribution in [0.2, 0.25) is 0 Å². The van der Waals surface area contributed by atoms with E-state index in [4.69, 9.17) is 14.7 Å². The van der Waals surface area contributed by atoms with E-state index in [1.54, 1.807) is 7.11 Å². The molecular weight excluding hydrogens is 330 g/mol. The summed E-state index contributed by atoms with van der Waals surface area (Å²) in [6.07, 6.45) is 1.17. The molecule has 0 N–H and O–H groups in total. The lowest BCUT2D eigenvalue weighted by atomic mass is 10.1. The van der Waals surface area contributed by atoms with Crippen LogP contribution in [0.3, 0.4) is 0 Å². The molecule has 108 valence electrons. The number of hydrogen-bond acceptors (Lipinski definition) is 3. The molecule has 2 aromatic carbocycles. The Morgan fingerprint density at radius 1 is 1.14 bits per heavy atom. The number of hydrogen-bond donors (Lipinski definition) is 0. The molecule has 0 aromatic heterocycles. The fourth-order valence-electron chi connectivity index (χ4n) is 1.97. The summed E-state index contributed by atoms with van der Waals surface area (Å²) in [7, 11) is 1.62. The van der Waals surface area contributed by atoms with Gasteiger partial charge in [0.05, 0.1) is 13.2 Å². The highest BCUT2D eigenvalue weighted by atomic mass is 79.9. The van der Waals surface area contributed by atoms with Crippen molar-refractivity contribution in [3.8, 4) is 17.6 Å². The van der Waals surface area contributed by atoms with Gasteiger partial charge >= 0.3 is 0 Å². The summed E-state index contributed by atoms with van der Waals surface area (Å²) in [6, 6.07) is 15.9. The largest absolute Gasteiger partial charge is 0.493 e. The van der Waals surface area contributed by atoms with E-state index in [2.05, 4.69) is 22.0 Å². The molecule has 0 saturated carbocycles. The van der Waals surface area contributed by atoms with Crippen LogP contribution in [0.15, 0.2) is 46.9 Å². The first kappa shape index (κ1) is 15.4. The lowest BCUT2D eigenvalue weighted by molar-refractivity contribution is 0.284. The minimum absolute atomic E-state index is 0.478. The Kier molecular flexibility index (Phi) is 5.65. The Bertz CT molecular complexity index is 635. The highest BCUT2D eigenvalue weighted by Gasteiger charge is 2.10. The van der Waals surface area contributed by atoms with Gasteiger partial charge in [-0.3, -0.25) is 0 Å². The maximum absolute atomic E-state index is 8.69. The summed E-state index contributed by atoms with van der Waals surface area (Å²) in [4.78, 5) is 0. The fourth-order valence-corrected chi connectivity index (χ4v) is 2.49. The van der Waals surface area contributed by atoms with E-state index >= 15 is 0 Å². The van der Waals surface area contributed by atoms with Crippen molar-refractivity contribution in [2.45, 2.75) is 19.4 Å². The summed E-state index contributed by atoms with van der Waals surface area (Å²) in [5.74, 6) is 1.37. The summed E-state index contributed by atoms with van der Waals surface area (Å²) < 4.78 is 12.1. The average Bonchev–Trinajstić information content (AvgIpc) is 2.53. The molecule has 0 saturated heterocycles. The molecule has 21 heavy (non-hydrogen) atoms. The molecule has 0 heterocycles. The Labute approximate surface area is 133 Å². The predicted molar refractivity (Wildman–Crippen MR) is 85.4 cm³/mol. The van der Waals surface area contributed by atoms with Gasteiger partial charge < -0.3 is 9.47 Å². The third kappa shape index (κ3) is 4.24. The molecule has 0 amide bonds. The number of nitrogens with zero attached hydrogens (tertiary/aromatic N) is 1. The molecule has 0 spiro atoms. The number of halogens is 1. The second-order valence-corrected chi connectivity index (χ2v) is 5.38. The van der Waals surface area contributed by atoms with Crippen LogP contribution < -0.4 is 9.47 Å². The van der Waals surface area contributed by atoms with Gasteiger partial charge in [-0.15, -0.1) is 0 Å². The van der Waals surface area contributed by atoms with Gasteiger partial charge in [0.1, 0.15) is 6.61 Å². The van der Waals surface area contributed by atoms with Gasteiger partial charge in [0.15, 0.2) is 11.5 Å². The Balaban J connectivity index is 2.15. The van der Waals surface area contributed by atoms with Gasteiger partial charge in [-0.2, -0.15) is 5.26 Å². The molecular formula is C17H16BrNO2. The normalized spacial score (nSPS) is 9.95. The summed E-state index contributed by atoms with van der Waals surface area (Å²) in [6.45, 7) is 0.487. The van der Waals surface area contributed by atoms with E-state index in [1.807, 2.05) is 42.5 Å². The van der Waals surface area contributed by atoms with Gasteiger partial charge in [-0.05, 0) is 29.7 Å². The zero-order chi connectivity index (χ0) is 15.1. The molecule has 0 atom stereocenters. The predicted octanol–water partition coefficient (Wildman–Crippen LogP) is 4.49. The topological polar surface area (TPSA) is 42.2 Å². The molecule has 0 aliphatic carbocycles. The molecule has 0 bridgehead atoms. The van der Waals surface area contributed by atoms with Crippen LogP contribution in [0, 0.1) is 11.3 Å². The number of benzene rings is 2. The second kappa shape index (κ2) is 7.70. The smallest absolute Gasteiger partial charge is 0.162 e. The van der Waals surface area contributed by atoms with Crippen molar-refractivity contribution in [3.05, 3.63) is 58.1 Å². The van der Waals surface area contributed by atoms with Crippen molar-refractivity contribution >= 4 is 15.9 Å². The third-order valence-electron chi connectivity index (χ3n) is 3.08. The molecule has 0 radical (unpaired) electrons. The van der Waals surface area contributed by atoms with Crippen molar-refractivity contribution in [2.24, 2.45) is 0 Å². The SMILES string of the molecule is COc1cc(CCC#N)c(Br)cc1OCc1ccccc1. The molecule has 2 rings (SSSR count). The molecule has 0 aliphatic rings. The van der Waals surface area contributed by atoms with Gasteiger partial charge in [-0.1, -0.05) is 46.3 Å². The van der Waals surface area contributed by atoms with Crippen LogP contribution >= 0.6 is 15.9 Å². The quantitative estimate of drug-likeness (QED) is 0.774. The minimum atomic E-state index is 0.478. The van der Waals surface area contributed by atoms with E-state index in [1.165, 1.54) is 0 Å². The molecule has 4 heteroatoms. The van der Waals surface area contributed by atoms with Crippen LogP contribution in [0.1, 0.15) is 17.5 Å². The van der Waals surface area contributed by atoms with Crippen molar-refractivity contribution in [3.63, 3.8) is 0 Å². The van der Waals surface area contributed by atoms with Crippen molar-refractivity contribution < 1.29 is 9.47 Å². The first-order chi connectivity index (χ1) is 10.2. The Morgan fingerprint density at radius 2 is 1.90 bits per heavy atom. The number of methoxy groups -OCH3 is 1. The lowest BCUT2D eigenvalue weighted by Crippen LogP contribution is -1.99. The molecule has 2 aromatic rings. The fraction of sp³-hybridized carbons (Fsp3) is 0.235. The third-order valence-corrected chi connectivity index (χ3v) is 3.81. The van der Waals surface area contributed by atoms with Crippen LogP contribution in [0.5, 0.6) is 11.5 Å². The van der Waals surface area contributed by atoms with Gasteiger partial charge in [0.25, 0.3) is 0 Å². The summed E-state index contributed by atoms with van der Waals surface area (Å²) >= 11 is 3.52. The molecule has 0 fully saturated rings. The van der Waals surface area contributed by atoms with Gasteiger partial charge in [-0.25, -0.2) is 0 Å². The highest BCUT2D eigenvalue weighted by Crippen LogP contribution is 2.34. The summed E-state index contributed by atoms with van der Waals surface area (Å²) in [5.41, 5.74) is 2.14. The highest BCUT2D eigenvalue weighted by molar-refractivity contribution is 9.10. The summed E-state index contributed by atoms with van der Waals surface area (Å²) in [5, 5.41) is 8.69. The van der Waals surface area contributed by atoms with E-state index in [0.717, 1.165) is 15.6 Å². The van der Waals surface area contributed by atoms with Gasteiger partial charge in [0, 0.05) is 10.9 Å². The number of nitriles is 1. The Hall–Kier alpha value is -1.99. The van der Waals surface area contributed by atoms with Crippen LogP contribution in [0.4, 0.5) is 0 Å². The number of aryl methyl sites for hydroxylation is 1. The van der Waals surface area contributed by atoms with E-state index in [-0.39, 0.29) is 0 Å². The monoisotopic (exact) mass is 345 g/mol. The average molecular weight is 346 g/mol. The van der Waals surface area contributed by atoms with E-state index in [9.17, 15) is 0 Å². The second-order valence-electron chi connectivity index (χ2n) is 4.53. The number of rotatable bonds is 6. The van der Waals surface area contributed by atoms with Crippen molar-refractivity contribution in [1.29, 1.82) is 5.26 Å². The van der Waals surface area contributed by atoms with Crippen LogP contribution in [0.25, 0.3) is 0 Å². The minimum Gasteiger partial charge on any atom is -0.493 e. The van der Waals surface area contributed by atoms with E-state index < -0.39 is 0 Å². The maximum Gasteiger partial charge on any atom is 0.162 e. The maximum atomic E-state index is 8.69. The van der Waals surface area contributed by atoms with Crippen LogP contribution in [-0.4, -0.2) is 7.11 Å². The first-order valence-electron chi connectivity index (χ1n) is 6.64. The zero-order valence-corrected chi connectivity index (χ0v) is 13.4. The van der Waals surface area contributed by atoms with Crippen molar-refractivity contribution in [2.75, 3.05) is 7.11 Å². The standard InChI is InChI=1S/C17H16BrNO2/c1-20-16-10-14(8-5-9-19)15(18)11-17(16)21-12-13-6-3-2-4-7-13/h2-4,6-7,10-11H,5,8,12H2,1H3. The lowest BCUT2D eigenvalue weighted by Gasteiger charge is -2.13. The molecule has 3 nitrogen and oxygen atoms in total. The first-order valence-corrected chi connectivity index (χ1v) is 7.44. The van der Waals surface area contributed by atoms with Crippen LogP contribution in [-0.2, 0) is 13.0 Å². The van der Waals surface area contributed by atoms with Gasteiger partial charge in [0.2, 0.25) is 0 Å². The molecule has 0 aliphatic heterocycles. The number of ether oxygens (including phenoxy) is 2. The molecule has 0 unspecified atom stereocenters.